The molecule has 1 aromatic rings. The van der Waals surface area contributed by atoms with Crippen LogP contribution < -0.4 is 5.32 Å². The molecule has 2 atom stereocenters. The number of hydrogen-bond donors (Lipinski definition) is 2. The van der Waals surface area contributed by atoms with Gasteiger partial charge < -0.3 is 10.4 Å². The zero-order chi connectivity index (χ0) is 15.2. The first-order valence-corrected chi connectivity index (χ1v) is 7.79. The molecular formula is C17H24FNO2. The van der Waals surface area contributed by atoms with E-state index in [4.69, 9.17) is 0 Å². The monoisotopic (exact) mass is 293 g/mol. The van der Waals surface area contributed by atoms with Gasteiger partial charge in [0.1, 0.15) is 5.82 Å². The molecule has 0 saturated heterocycles. The highest BCUT2D eigenvalue weighted by atomic mass is 19.1. The molecule has 0 radical (unpaired) electrons. The molecule has 2 unspecified atom stereocenters. The third-order valence-corrected chi connectivity index (χ3v) is 4.33. The van der Waals surface area contributed by atoms with Gasteiger partial charge in [0.25, 0.3) is 0 Å². The van der Waals surface area contributed by atoms with E-state index in [2.05, 4.69) is 5.32 Å². The summed E-state index contributed by atoms with van der Waals surface area (Å²) < 4.78 is 12.9. The molecule has 3 nitrogen and oxygen atoms in total. The molecule has 1 saturated carbocycles. The van der Waals surface area contributed by atoms with Gasteiger partial charge in [0.05, 0.1) is 12.1 Å². The zero-order valence-corrected chi connectivity index (χ0v) is 12.5. The van der Waals surface area contributed by atoms with Gasteiger partial charge in [-0.15, -0.1) is 0 Å². The summed E-state index contributed by atoms with van der Waals surface area (Å²) >= 11 is 0. The lowest BCUT2D eigenvalue weighted by molar-refractivity contribution is -0.122. The summed E-state index contributed by atoms with van der Waals surface area (Å²) in [5.74, 6) is 0.336. The molecule has 1 aliphatic carbocycles. The molecule has 0 bridgehead atoms. The summed E-state index contributed by atoms with van der Waals surface area (Å²) in [6, 6.07) is 5.33. The van der Waals surface area contributed by atoms with Crippen molar-refractivity contribution in [2.45, 2.75) is 57.6 Å². The summed E-state index contributed by atoms with van der Waals surface area (Å²) in [6.07, 6.45) is 5.68. The van der Waals surface area contributed by atoms with Crippen LogP contribution in [0.25, 0.3) is 0 Å². The van der Waals surface area contributed by atoms with Crippen molar-refractivity contribution in [3.63, 3.8) is 0 Å². The van der Waals surface area contributed by atoms with Crippen LogP contribution in [-0.2, 0) is 4.79 Å². The van der Waals surface area contributed by atoms with Gasteiger partial charge in [-0.25, -0.2) is 4.39 Å². The van der Waals surface area contributed by atoms with Crippen LogP contribution in [0, 0.1) is 11.7 Å². The van der Waals surface area contributed by atoms with Crippen LogP contribution >= 0.6 is 0 Å². The topological polar surface area (TPSA) is 49.3 Å². The fraction of sp³-hybridized carbons (Fsp3) is 0.588. The normalized spacial score (nSPS) is 18.4. The molecule has 2 rings (SSSR count). The lowest BCUT2D eigenvalue weighted by atomic mass is 10.0. The molecule has 2 N–H and O–H groups in total. The average Bonchev–Trinajstić information content (AvgIpc) is 2.98. The van der Waals surface area contributed by atoms with E-state index in [-0.39, 0.29) is 17.8 Å². The quantitative estimate of drug-likeness (QED) is 0.845. The number of aliphatic hydroxyl groups is 1. The van der Waals surface area contributed by atoms with Crippen LogP contribution in [0.5, 0.6) is 0 Å². The van der Waals surface area contributed by atoms with Gasteiger partial charge in [-0.3, -0.25) is 4.79 Å². The Morgan fingerprint density at radius 2 is 1.95 bits per heavy atom. The van der Waals surface area contributed by atoms with Crippen LogP contribution in [-0.4, -0.2) is 17.1 Å². The molecule has 1 aromatic carbocycles. The van der Waals surface area contributed by atoms with Gasteiger partial charge in [-0.2, -0.15) is 0 Å². The van der Waals surface area contributed by atoms with Gasteiger partial charge in [0.2, 0.25) is 5.91 Å². The van der Waals surface area contributed by atoms with Crippen LogP contribution in [0.15, 0.2) is 24.3 Å². The molecule has 0 heterocycles. The maximum absolute atomic E-state index is 12.9. The highest BCUT2D eigenvalue weighted by Crippen LogP contribution is 2.28. The van der Waals surface area contributed by atoms with Gasteiger partial charge >= 0.3 is 0 Å². The Morgan fingerprint density at radius 3 is 2.57 bits per heavy atom. The fourth-order valence-electron chi connectivity index (χ4n) is 2.99. The second-order valence-corrected chi connectivity index (χ2v) is 6.04. The number of rotatable bonds is 6. The number of carbonyl (C=O) groups is 1. The van der Waals surface area contributed by atoms with Gasteiger partial charge in [0.15, 0.2) is 0 Å². The summed E-state index contributed by atoms with van der Waals surface area (Å²) in [5, 5.41) is 13.0. The highest BCUT2D eigenvalue weighted by Gasteiger charge is 2.20. The minimum Gasteiger partial charge on any atom is -0.386 e. The molecule has 1 aliphatic rings. The Bertz CT molecular complexity index is 454. The SMILES string of the molecule is CC(NC(=O)CCC1CCCC1)C(O)c1ccc(F)cc1. The molecule has 1 fully saturated rings. The summed E-state index contributed by atoms with van der Waals surface area (Å²) in [5.41, 5.74) is 0.611. The fourth-order valence-corrected chi connectivity index (χ4v) is 2.99. The number of amides is 1. The van der Waals surface area contributed by atoms with Crippen molar-refractivity contribution < 1.29 is 14.3 Å². The van der Waals surface area contributed by atoms with Crippen molar-refractivity contribution in [3.05, 3.63) is 35.6 Å². The Morgan fingerprint density at radius 1 is 1.33 bits per heavy atom. The van der Waals surface area contributed by atoms with Gasteiger partial charge in [-0.1, -0.05) is 37.8 Å². The molecule has 4 heteroatoms. The molecule has 21 heavy (non-hydrogen) atoms. The Hall–Kier alpha value is -1.42. The van der Waals surface area contributed by atoms with E-state index < -0.39 is 6.10 Å². The third-order valence-electron chi connectivity index (χ3n) is 4.33. The Labute approximate surface area is 125 Å². The first-order chi connectivity index (χ1) is 10.1. The van der Waals surface area contributed by atoms with Crippen LogP contribution in [0.3, 0.4) is 0 Å². The van der Waals surface area contributed by atoms with Gasteiger partial charge in [0, 0.05) is 6.42 Å². The standard InChI is InChI=1S/C17H24FNO2/c1-12(17(21)14-7-9-15(18)10-8-14)19-16(20)11-6-13-4-2-3-5-13/h7-10,12-13,17,21H,2-6,11H2,1H3,(H,19,20). The van der Waals surface area contributed by atoms with Crippen molar-refractivity contribution in [3.8, 4) is 0 Å². The number of hydrogen-bond acceptors (Lipinski definition) is 2. The molecule has 0 aliphatic heterocycles. The highest BCUT2D eigenvalue weighted by molar-refractivity contribution is 5.76. The molecule has 0 aromatic heterocycles. The Kier molecular flexibility index (Phi) is 5.74. The minimum absolute atomic E-state index is 0.0180. The first-order valence-electron chi connectivity index (χ1n) is 7.79. The van der Waals surface area contributed by atoms with Crippen molar-refractivity contribution in [1.29, 1.82) is 0 Å². The lowest BCUT2D eigenvalue weighted by Crippen LogP contribution is -2.37. The van der Waals surface area contributed by atoms with E-state index in [0.717, 1.165) is 6.42 Å². The zero-order valence-electron chi connectivity index (χ0n) is 12.5. The van der Waals surface area contributed by atoms with Crippen LogP contribution in [0.4, 0.5) is 4.39 Å². The minimum atomic E-state index is -0.818. The van der Waals surface area contributed by atoms with E-state index >= 15 is 0 Å². The van der Waals surface area contributed by atoms with E-state index in [1.807, 2.05) is 0 Å². The number of halogens is 1. The predicted octanol–water partition coefficient (Wildman–Crippen LogP) is 3.33. The number of carbonyl (C=O) groups excluding carboxylic acids is 1. The van der Waals surface area contributed by atoms with E-state index in [1.54, 1.807) is 19.1 Å². The summed E-state index contributed by atoms with van der Waals surface area (Å²) in [6.45, 7) is 1.77. The largest absolute Gasteiger partial charge is 0.386 e. The van der Waals surface area contributed by atoms with Crippen molar-refractivity contribution >= 4 is 5.91 Å². The van der Waals surface area contributed by atoms with E-state index in [0.29, 0.717) is 17.9 Å². The molecular weight excluding hydrogens is 269 g/mol. The van der Waals surface area contributed by atoms with Crippen LogP contribution in [0.2, 0.25) is 0 Å². The van der Waals surface area contributed by atoms with E-state index in [9.17, 15) is 14.3 Å². The molecule has 0 spiro atoms. The third kappa shape index (κ3) is 4.81. The van der Waals surface area contributed by atoms with Crippen LogP contribution in [0.1, 0.15) is 57.1 Å². The van der Waals surface area contributed by atoms with E-state index in [1.165, 1.54) is 37.8 Å². The first kappa shape index (κ1) is 16.0. The molecule has 116 valence electrons. The van der Waals surface area contributed by atoms with Crippen molar-refractivity contribution in [2.24, 2.45) is 5.92 Å². The number of benzene rings is 1. The molecule has 1 amide bonds. The average molecular weight is 293 g/mol. The number of nitrogens with one attached hydrogen (secondary N) is 1. The summed E-state index contributed by atoms with van der Waals surface area (Å²) in [7, 11) is 0. The van der Waals surface area contributed by atoms with Gasteiger partial charge in [-0.05, 0) is 37.0 Å². The van der Waals surface area contributed by atoms with Crippen molar-refractivity contribution in [2.75, 3.05) is 0 Å². The van der Waals surface area contributed by atoms with Crippen molar-refractivity contribution in [1.82, 2.24) is 5.32 Å². The Balaban J connectivity index is 1.77. The second-order valence-electron chi connectivity index (χ2n) is 6.04. The lowest BCUT2D eigenvalue weighted by Gasteiger charge is -2.21. The predicted molar refractivity (Wildman–Crippen MR) is 80.2 cm³/mol. The maximum atomic E-state index is 12.9. The smallest absolute Gasteiger partial charge is 0.220 e. The summed E-state index contributed by atoms with van der Waals surface area (Å²) in [4.78, 5) is 11.9. The maximum Gasteiger partial charge on any atom is 0.220 e. The second kappa shape index (κ2) is 7.55. The number of aliphatic hydroxyl groups excluding tert-OH is 1.